The van der Waals surface area contributed by atoms with Crippen molar-refractivity contribution in [1.82, 2.24) is 15.6 Å². The zero-order chi connectivity index (χ0) is 17.5. The molecule has 0 bridgehead atoms. The largest absolute Gasteiger partial charge is 0.492 e. The van der Waals surface area contributed by atoms with Crippen LogP contribution in [0.2, 0.25) is 0 Å². The van der Waals surface area contributed by atoms with Gasteiger partial charge in [0.1, 0.15) is 12.4 Å². The minimum atomic E-state index is -0.202. The number of carbonyl (C=O) groups excluding carboxylic acids is 1. The molecule has 0 aliphatic rings. The number of benzene rings is 2. The number of carbonyl (C=O) groups is 1. The summed E-state index contributed by atoms with van der Waals surface area (Å²) in [4.78, 5) is 16.1. The molecule has 1 aromatic heterocycles. The number of fused-ring (bicyclic) bond motifs is 1. The molecule has 2 N–H and O–H groups in total. The number of nitrogens with zero attached hydrogens (tertiary/aromatic N) is 1. The van der Waals surface area contributed by atoms with Crippen LogP contribution in [-0.4, -0.2) is 24.2 Å². The quantitative estimate of drug-likeness (QED) is 0.679. The standard InChI is InChI=1S/C20H21N3O2/c1-15-4-6-16(7-5-15)14-23-20(24)22-11-12-25-18-8-9-19-17(13-18)3-2-10-21-19/h2-10,13H,11-12,14H2,1H3,(H2,22,23,24). The number of amides is 2. The highest BCUT2D eigenvalue weighted by Gasteiger charge is 2.01. The van der Waals surface area contributed by atoms with E-state index in [4.69, 9.17) is 4.74 Å². The van der Waals surface area contributed by atoms with Gasteiger partial charge in [0.15, 0.2) is 0 Å². The number of aryl methyl sites for hydroxylation is 1. The number of urea groups is 1. The second-order valence-corrected chi connectivity index (χ2v) is 5.80. The zero-order valence-corrected chi connectivity index (χ0v) is 14.2. The van der Waals surface area contributed by atoms with Crippen LogP contribution in [0.3, 0.4) is 0 Å². The van der Waals surface area contributed by atoms with Gasteiger partial charge in [0.2, 0.25) is 0 Å². The van der Waals surface area contributed by atoms with Crippen LogP contribution in [-0.2, 0) is 6.54 Å². The van der Waals surface area contributed by atoms with Crippen LogP contribution < -0.4 is 15.4 Å². The molecule has 3 aromatic rings. The smallest absolute Gasteiger partial charge is 0.315 e. The maximum atomic E-state index is 11.8. The predicted octanol–water partition coefficient (Wildman–Crippen LogP) is 3.42. The Morgan fingerprint density at radius 3 is 2.76 bits per heavy atom. The summed E-state index contributed by atoms with van der Waals surface area (Å²) < 4.78 is 5.67. The summed E-state index contributed by atoms with van der Waals surface area (Å²) in [5.74, 6) is 0.766. The lowest BCUT2D eigenvalue weighted by Crippen LogP contribution is -2.37. The van der Waals surface area contributed by atoms with Crippen molar-refractivity contribution in [1.29, 1.82) is 0 Å². The molecule has 5 heteroatoms. The van der Waals surface area contributed by atoms with Crippen molar-refractivity contribution in [3.63, 3.8) is 0 Å². The third-order valence-corrected chi connectivity index (χ3v) is 3.80. The molecule has 25 heavy (non-hydrogen) atoms. The van der Waals surface area contributed by atoms with Crippen LogP contribution in [0, 0.1) is 6.92 Å². The normalized spacial score (nSPS) is 10.4. The van der Waals surface area contributed by atoms with E-state index in [1.165, 1.54) is 5.56 Å². The maximum Gasteiger partial charge on any atom is 0.315 e. The summed E-state index contributed by atoms with van der Waals surface area (Å²) in [5.41, 5.74) is 3.21. The topological polar surface area (TPSA) is 63.2 Å². The molecule has 2 amide bonds. The number of hydrogen-bond acceptors (Lipinski definition) is 3. The molecule has 0 saturated heterocycles. The fourth-order valence-electron chi connectivity index (χ4n) is 2.43. The monoisotopic (exact) mass is 335 g/mol. The first-order valence-electron chi connectivity index (χ1n) is 8.25. The van der Waals surface area contributed by atoms with E-state index in [1.54, 1.807) is 6.20 Å². The third kappa shape index (κ3) is 4.94. The van der Waals surface area contributed by atoms with Crippen LogP contribution in [0.5, 0.6) is 5.75 Å². The summed E-state index contributed by atoms with van der Waals surface area (Å²) in [6.45, 7) is 3.38. The van der Waals surface area contributed by atoms with E-state index >= 15 is 0 Å². The highest BCUT2D eigenvalue weighted by atomic mass is 16.5. The lowest BCUT2D eigenvalue weighted by molar-refractivity contribution is 0.236. The third-order valence-electron chi connectivity index (χ3n) is 3.80. The van der Waals surface area contributed by atoms with Crippen molar-refractivity contribution in [2.75, 3.05) is 13.2 Å². The Morgan fingerprint density at radius 2 is 1.92 bits per heavy atom. The number of aromatic nitrogens is 1. The van der Waals surface area contributed by atoms with Gasteiger partial charge in [-0.15, -0.1) is 0 Å². The van der Waals surface area contributed by atoms with Crippen LogP contribution in [0.15, 0.2) is 60.8 Å². The molecule has 0 spiro atoms. The Bertz CT molecular complexity index is 847. The summed E-state index contributed by atoms with van der Waals surface area (Å²) in [7, 11) is 0. The minimum Gasteiger partial charge on any atom is -0.492 e. The molecule has 0 atom stereocenters. The van der Waals surface area contributed by atoms with Crippen molar-refractivity contribution < 1.29 is 9.53 Å². The van der Waals surface area contributed by atoms with E-state index in [2.05, 4.69) is 15.6 Å². The van der Waals surface area contributed by atoms with Crippen LogP contribution in [0.25, 0.3) is 10.9 Å². The molecular formula is C20H21N3O2. The molecule has 1 heterocycles. The van der Waals surface area contributed by atoms with Gasteiger partial charge in [-0.1, -0.05) is 35.9 Å². The molecule has 0 aliphatic carbocycles. The number of rotatable bonds is 6. The summed E-state index contributed by atoms with van der Waals surface area (Å²) in [6, 6.07) is 17.5. The van der Waals surface area contributed by atoms with Crippen molar-refractivity contribution in [2.24, 2.45) is 0 Å². The lowest BCUT2D eigenvalue weighted by atomic mass is 10.1. The highest BCUT2D eigenvalue weighted by Crippen LogP contribution is 2.18. The average Bonchev–Trinajstić information content (AvgIpc) is 2.64. The lowest BCUT2D eigenvalue weighted by Gasteiger charge is -2.10. The first-order chi connectivity index (χ1) is 12.2. The number of nitrogens with one attached hydrogen (secondary N) is 2. The average molecular weight is 335 g/mol. The van der Waals surface area contributed by atoms with Crippen molar-refractivity contribution in [3.8, 4) is 5.75 Å². The molecule has 2 aromatic carbocycles. The number of hydrogen-bond donors (Lipinski definition) is 2. The van der Waals surface area contributed by atoms with E-state index in [0.717, 1.165) is 22.2 Å². The number of ether oxygens (including phenoxy) is 1. The van der Waals surface area contributed by atoms with Crippen molar-refractivity contribution in [2.45, 2.75) is 13.5 Å². The van der Waals surface area contributed by atoms with Gasteiger partial charge >= 0.3 is 6.03 Å². The van der Waals surface area contributed by atoms with E-state index in [9.17, 15) is 4.79 Å². The molecular weight excluding hydrogens is 314 g/mol. The first-order valence-corrected chi connectivity index (χ1v) is 8.25. The van der Waals surface area contributed by atoms with Gasteiger partial charge in [0.05, 0.1) is 12.1 Å². The summed E-state index contributed by atoms with van der Waals surface area (Å²) in [6.07, 6.45) is 1.77. The molecule has 0 radical (unpaired) electrons. The van der Waals surface area contributed by atoms with Crippen molar-refractivity contribution >= 4 is 16.9 Å². The van der Waals surface area contributed by atoms with Gasteiger partial charge < -0.3 is 15.4 Å². The van der Waals surface area contributed by atoms with E-state index in [-0.39, 0.29) is 6.03 Å². The highest BCUT2D eigenvalue weighted by molar-refractivity contribution is 5.79. The SMILES string of the molecule is Cc1ccc(CNC(=O)NCCOc2ccc3ncccc3c2)cc1. The zero-order valence-electron chi connectivity index (χ0n) is 14.2. The van der Waals surface area contributed by atoms with Gasteiger partial charge in [0, 0.05) is 18.1 Å². The van der Waals surface area contributed by atoms with E-state index in [1.807, 2.05) is 61.5 Å². The van der Waals surface area contributed by atoms with Gasteiger partial charge in [0.25, 0.3) is 0 Å². The molecule has 0 aliphatic heterocycles. The Morgan fingerprint density at radius 1 is 1.08 bits per heavy atom. The minimum absolute atomic E-state index is 0.202. The Kier molecular flexibility index (Phi) is 5.46. The molecule has 128 valence electrons. The first kappa shape index (κ1) is 16.8. The molecule has 3 rings (SSSR count). The summed E-state index contributed by atoms with van der Waals surface area (Å²) in [5, 5.41) is 6.64. The fraction of sp³-hybridized carbons (Fsp3) is 0.200. The second-order valence-electron chi connectivity index (χ2n) is 5.80. The fourth-order valence-corrected chi connectivity index (χ4v) is 2.43. The molecule has 0 fully saturated rings. The van der Waals surface area contributed by atoms with Gasteiger partial charge in [-0.3, -0.25) is 4.98 Å². The van der Waals surface area contributed by atoms with Gasteiger partial charge in [-0.25, -0.2) is 4.79 Å². The molecule has 5 nitrogen and oxygen atoms in total. The Hall–Kier alpha value is -3.08. The Balaban J connectivity index is 1.38. The van der Waals surface area contributed by atoms with Crippen molar-refractivity contribution in [3.05, 3.63) is 71.9 Å². The van der Waals surface area contributed by atoms with Gasteiger partial charge in [-0.2, -0.15) is 0 Å². The van der Waals surface area contributed by atoms with Crippen LogP contribution >= 0.6 is 0 Å². The van der Waals surface area contributed by atoms with Crippen LogP contribution in [0.4, 0.5) is 4.79 Å². The van der Waals surface area contributed by atoms with E-state index in [0.29, 0.717) is 19.7 Å². The second kappa shape index (κ2) is 8.15. The van der Waals surface area contributed by atoms with E-state index < -0.39 is 0 Å². The molecule has 0 saturated carbocycles. The molecule has 0 unspecified atom stereocenters. The Labute approximate surface area is 147 Å². The summed E-state index contributed by atoms with van der Waals surface area (Å²) >= 11 is 0. The number of pyridine rings is 1. The maximum absolute atomic E-state index is 11.8. The van der Waals surface area contributed by atoms with Crippen LogP contribution in [0.1, 0.15) is 11.1 Å². The predicted molar refractivity (Wildman–Crippen MR) is 98.7 cm³/mol. The van der Waals surface area contributed by atoms with Gasteiger partial charge in [-0.05, 0) is 36.8 Å².